The maximum atomic E-state index is 5.95. The molecule has 0 aliphatic rings. The van der Waals surface area contributed by atoms with Gasteiger partial charge in [0.1, 0.15) is 17.3 Å². The van der Waals surface area contributed by atoms with E-state index in [1.807, 2.05) is 30.3 Å². The zero-order chi connectivity index (χ0) is 14.1. The van der Waals surface area contributed by atoms with Crippen molar-refractivity contribution in [2.24, 2.45) is 0 Å². The number of hydrogen-bond acceptors (Lipinski definition) is 4. The van der Waals surface area contributed by atoms with Crippen LogP contribution in [0, 0.1) is 0 Å². The van der Waals surface area contributed by atoms with Gasteiger partial charge in [-0.25, -0.2) is 0 Å². The maximum absolute atomic E-state index is 5.95. The zero-order valence-corrected chi connectivity index (χ0v) is 11.3. The summed E-state index contributed by atoms with van der Waals surface area (Å²) in [6.45, 7) is 0. The Balaban J connectivity index is 2.39. The molecule has 5 nitrogen and oxygen atoms in total. The van der Waals surface area contributed by atoms with Crippen LogP contribution in [0.2, 0.25) is 0 Å². The number of nitrogens with two attached hydrogens (primary N) is 1. The summed E-state index contributed by atoms with van der Waals surface area (Å²) in [7, 11) is 3.29. The Labute approximate surface area is 116 Å². The van der Waals surface area contributed by atoms with Crippen molar-refractivity contribution in [2.45, 2.75) is 0 Å². The van der Waals surface area contributed by atoms with Gasteiger partial charge in [0.25, 0.3) is 0 Å². The van der Waals surface area contributed by atoms with Crippen molar-refractivity contribution >= 4 is 16.6 Å². The third-order valence-corrected chi connectivity index (χ3v) is 3.35. The summed E-state index contributed by atoms with van der Waals surface area (Å²) in [5.74, 6) is 2.05. The minimum atomic E-state index is 0.513. The number of fused-ring (bicyclic) bond motifs is 1. The number of nitrogens with zero attached hydrogens (tertiary/aromatic N) is 1. The number of aromatic nitrogens is 2. The maximum Gasteiger partial charge on any atom is 0.127 e. The molecule has 102 valence electrons. The predicted octanol–water partition coefficient (Wildman–Crippen LogP) is 2.83. The highest BCUT2D eigenvalue weighted by Gasteiger charge is 2.15. The van der Waals surface area contributed by atoms with E-state index in [9.17, 15) is 0 Å². The van der Waals surface area contributed by atoms with Gasteiger partial charge in [0.2, 0.25) is 0 Å². The van der Waals surface area contributed by atoms with Crippen molar-refractivity contribution in [1.82, 2.24) is 10.2 Å². The standard InChI is InChI=1S/C15H15N3O2/c1-19-10-5-3-9-4-6-13(20-2)14(11(9)7-10)12-8-17-18-15(12)16/h3-8H,1-2H3,(H3,16,17,18). The van der Waals surface area contributed by atoms with Gasteiger partial charge in [-0.3, -0.25) is 5.10 Å². The molecular formula is C15H15N3O2. The molecule has 0 bridgehead atoms. The molecule has 0 aliphatic carbocycles. The lowest BCUT2D eigenvalue weighted by Gasteiger charge is -2.12. The summed E-state index contributed by atoms with van der Waals surface area (Å²) in [5, 5.41) is 8.84. The van der Waals surface area contributed by atoms with E-state index >= 15 is 0 Å². The zero-order valence-electron chi connectivity index (χ0n) is 11.3. The van der Waals surface area contributed by atoms with Crippen LogP contribution in [0.15, 0.2) is 36.5 Å². The fourth-order valence-electron chi connectivity index (χ4n) is 2.35. The summed E-state index contributed by atoms with van der Waals surface area (Å²) >= 11 is 0. The van der Waals surface area contributed by atoms with Crippen molar-refractivity contribution < 1.29 is 9.47 Å². The number of ether oxygens (including phenoxy) is 2. The fraction of sp³-hybridized carbons (Fsp3) is 0.133. The number of hydrogen-bond donors (Lipinski definition) is 2. The molecule has 1 aromatic heterocycles. The molecule has 0 unspecified atom stereocenters. The van der Waals surface area contributed by atoms with E-state index in [2.05, 4.69) is 10.2 Å². The SMILES string of the molecule is COc1ccc2ccc(OC)c(-c3cn[nH]c3N)c2c1. The summed E-state index contributed by atoms with van der Waals surface area (Å²) in [5.41, 5.74) is 7.69. The van der Waals surface area contributed by atoms with E-state index in [0.717, 1.165) is 33.4 Å². The Morgan fingerprint density at radius 1 is 1.10 bits per heavy atom. The van der Waals surface area contributed by atoms with Crippen LogP contribution < -0.4 is 15.2 Å². The lowest BCUT2D eigenvalue weighted by Crippen LogP contribution is -1.93. The second-order valence-corrected chi connectivity index (χ2v) is 4.43. The molecule has 0 atom stereocenters. The molecule has 0 fully saturated rings. The highest BCUT2D eigenvalue weighted by Crippen LogP contribution is 2.40. The van der Waals surface area contributed by atoms with E-state index in [1.165, 1.54) is 0 Å². The monoisotopic (exact) mass is 269 g/mol. The van der Waals surface area contributed by atoms with Gasteiger partial charge in [0.05, 0.1) is 20.4 Å². The van der Waals surface area contributed by atoms with Crippen molar-refractivity contribution in [3.63, 3.8) is 0 Å². The molecule has 3 aromatic rings. The molecule has 3 rings (SSSR count). The molecule has 0 saturated carbocycles. The van der Waals surface area contributed by atoms with Gasteiger partial charge < -0.3 is 15.2 Å². The van der Waals surface area contributed by atoms with Crippen LogP contribution in [0.1, 0.15) is 0 Å². The number of rotatable bonds is 3. The lowest BCUT2D eigenvalue weighted by molar-refractivity contribution is 0.414. The van der Waals surface area contributed by atoms with E-state index in [0.29, 0.717) is 5.82 Å². The molecule has 0 aliphatic heterocycles. The Hall–Kier alpha value is -2.69. The number of aromatic amines is 1. The number of nitrogens with one attached hydrogen (secondary N) is 1. The number of benzene rings is 2. The van der Waals surface area contributed by atoms with Gasteiger partial charge in [-0.05, 0) is 29.0 Å². The molecule has 2 aromatic carbocycles. The average molecular weight is 269 g/mol. The third kappa shape index (κ3) is 1.84. The van der Waals surface area contributed by atoms with Crippen LogP contribution in [0.25, 0.3) is 21.9 Å². The molecule has 0 saturated heterocycles. The number of anilines is 1. The first-order valence-electron chi connectivity index (χ1n) is 6.18. The summed E-state index contributed by atoms with van der Waals surface area (Å²) in [6, 6.07) is 9.84. The predicted molar refractivity (Wildman–Crippen MR) is 79.0 cm³/mol. The Morgan fingerprint density at radius 3 is 2.55 bits per heavy atom. The van der Waals surface area contributed by atoms with Crippen LogP contribution in [0.4, 0.5) is 5.82 Å². The van der Waals surface area contributed by atoms with Gasteiger partial charge >= 0.3 is 0 Å². The second kappa shape index (κ2) is 4.77. The molecule has 1 heterocycles. The van der Waals surface area contributed by atoms with Gasteiger partial charge in [-0.15, -0.1) is 0 Å². The van der Waals surface area contributed by atoms with Crippen molar-refractivity contribution in [3.8, 4) is 22.6 Å². The minimum Gasteiger partial charge on any atom is -0.497 e. The van der Waals surface area contributed by atoms with Crippen LogP contribution >= 0.6 is 0 Å². The summed E-state index contributed by atoms with van der Waals surface area (Å²) < 4.78 is 10.8. The van der Waals surface area contributed by atoms with Crippen molar-refractivity contribution in [1.29, 1.82) is 0 Å². The molecule has 20 heavy (non-hydrogen) atoms. The van der Waals surface area contributed by atoms with Crippen LogP contribution in [-0.4, -0.2) is 24.4 Å². The van der Waals surface area contributed by atoms with Crippen molar-refractivity contribution in [2.75, 3.05) is 20.0 Å². The summed E-state index contributed by atoms with van der Waals surface area (Å²) in [6.07, 6.45) is 1.70. The lowest BCUT2D eigenvalue weighted by atomic mass is 9.98. The largest absolute Gasteiger partial charge is 0.497 e. The topological polar surface area (TPSA) is 73.2 Å². The molecule has 3 N–H and O–H groups in total. The quantitative estimate of drug-likeness (QED) is 0.766. The number of nitrogen functional groups attached to an aromatic ring is 1. The Morgan fingerprint density at radius 2 is 1.90 bits per heavy atom. The molecular weight excluding hydrogens is 254 g/mol. The van der Waals surface area contributed by atoms with Crippen LogP contribution in [-0.2, 0) is 0 Å². The van der Waals surface area contributed by atoms with Gasteiger partial charge in [-0.2, -0.15) is 5.10 Å². The first-order valence-corrected chi connectivity index (χ1v) is 6.18. The van der Waals surface area contributed by atoms with Crippen LogP contribution in [0.3, 0.4) is 0 Å². The minimum absolute atomic E-state index is 0.513. The Kier molecular flexibility index (Phi) is 2.95. The van der Waals surface area contributed by atoms with E-state index in [1.54, 1.807) is 20.4 Å². The van der Waals surface area contributed by atoms with Gasteiger partial charge in [-0.1, -0.05) is 12.1 Å². The highest BCUT2D eigenvalue weighted by molar-refractivity contribution is 6.02. The van der Waals surface area contributed by atoms with Gasteiger partial charge in [0.15, 0.2) is 0 Å². The van der Waals surface area contributed by atoms with E-state index in [-0.39, 0.29) is 0 Å². The second-order valence-electron chi connectivity index (χ2n) is 4.43. The fourth-order valence-corrected chi connectivity index (χ4v) is 2.35. The average Bonchev–Trinajstić information content (AvgIpc) is 2.91. The van der Waals surface area contributed by atoms with E-state index < -0.39 is 0 Å². The number of methoxy groups -OCH3 is 2. The van der Waals surface area contributed by atoms with Crippen LogP contribution in [0.5, 0.6) is 11.5 Å². The molecule has 5 heteroatoms. The highest BCUT2D eigenvalue weighted by atomic mass is 16.5. The van der Waals surface area contributed by atoms with Gasteiger partial charge in [0, 0.05) is 11.1 Å². The smallest absolute Gasteiger partial charge is 0.127 e. The number of H-pyrrole nitrogens is 1. The first-order chi connectivity index (χ1) is 9.74. The first kappa shape index (κ1) is 12.3. The Bertz CT molecular complexity index is 760. The summed E-state index contributed by atoms with van der Waals surface area (Å²) in [4.78, 5) is 0. The third-order valence-electron chi connectivity index (χ3n) is 3.35. The molecule has 0 spiro atoms. The molecule has 0 radical (unpaired) electrons. The van der Waals surface area contributed by atoms with E-state index in [4.69, 9.17) is 15.2 Å². The molecule has 0 amide bonds. The normalized spacial score (nSPS) is 10.7. The van der Waals surface area contributed by atoms with Crippen molar-refractivity contribution in [3.05, 3.63) is 36.5 Å².